The highest BCUT2D eigenvalue weighted by molar-refractivity contribution is 7.15. The van der Waals surface area contributed by atoms with Gasteiger partial charge in [-0.25, -0.2) is 0 Å². The highest BCUT2D eigenvalue weighted by Crippen LogP contribution is 2.25. The molecule has 8 heteroatoms. The standard InChI is InChI=1S/C17H14N4O3S/c1-11-6-5-9-13(15(11)21(23)24)16(22)18-17-20-19-14(25-17)10-12-7-3-2-4-8-12/h2-9H,10H2,1H3,(H,18,20,22). The van der Waals surface area contributed by atoms with Crippen LogP contribution in [0.1, 0.15) is 26.5 Å². The number of hydrogen-bond donors (Lipinski definition) is 1. The number of hydrogen-bond acceptors (Lipinski definition) is 6. The molecular weight excluding hydrogens is 340 g/mol. The highest BCUT2D eigenvalue weighted by Gasteiger charge is 2.23. The van der Waals surface area contributed by atoms with Crippen molar-refractivity contribution in [3.05, 3.63) is 80.3 Å². The Kier molecular flexibility index (Phi) is 4.80. The van der Waals surface area contributed by atoms with E-state index in [4.69, 9.17) is 0 Å². The normalized spacial score (nSPS) is 10.4. The first-order valence-corrected chi connectivity index (χ1v) is 8.28. The van der Waals surface area contributed by atoms with Gasteiger partial charge in [0.25, 0.3) is 11.6 Å². The summed E-state index contributed by atoms with van der Waals surface area (Å²) >= 11 is 1.25. The SMILES string of the molecule is Cc1cccc(C(=O)Nc2nnc(Cc3ccccc3)s2)c1[N+](=O)[O-]. The lowest BCUT2D eigenvalue weighted by Crippen LogP contribution is -2.14. The van der Waals surface area contributed by atoms with E-state index in [1.54, 1.807) is 19.1 Å². The molecule has 0 aliphatic rings. The van der Waals surface area contributed by atoms with E-state index in [0.29, 0.717) is 17.1 Å². The fraction of sp³-hybridized carbons (Fsp3) is 0.118. The number of anilines is 1. The Labute approximate surface area is 147 Å². The molecule has 0 aliphatic heterocycles. The van der Waals surface area contributed by atoms with Crippen molar-refractivity contribution in [1.82, 2.24) is 10.2 Å². The lowest BCUT2D eigenvalue weighted by atomic mass is 10.1. The number of nitro groups is 1. The Bertz CT molecular complexity index is 925. The van der Waals surface area contributed by atoms with E-state index in [1.165, 1.54) is 17.4 Å². The molecule has 0 radical (unpaired) electrons. The van der Waals surface area contributed by atoms with E-state index in [2.05, 4.69) is 15.5 Å². The number of para-hydroxylation sites is 1. The highest BCUT2D eigenvalue weighted by atomic mass is 32.1. The molecule has 0 saturated carbocycles. The quantitative estimate of drug-likeness (QED) is 0.557. The maximum atomic E-state index is 12.4. The van der Waals surface area contributed by atoms with Crippen LogP contribution in [0.3, 0.4) is 0 Å². The van der Waals surface area contributed by atoms with Gasteiger partial charge in [0.15, 0.2) is 0 Å². The van der Waals surface area contributed by atoms with E-state index in [1.807, 2.05) is 30.3 Å². The number of nitrogens with one attached hydrogen (secondary N) is 1. The number of rotatable bonds is 5. The summed E-state index contributed by atoms with van der Waals surface area (Å²) in [4.78, 5) is 23.0. The minimum absolute atomic E-state index is 0.00445. The van der Waals surface area contributed by atoms with Gasteiger partial charge in [0, 0.05) is 12.0 Å². The van der Waals surface area contributed by atoms with Crippen LogP contribution in [0.2, 0.25) is 0 Å². The van der Waals surface area contributed by atoms with Crippen LogP contribution in [0, 0.1) is 17.0 Å². The smallest absolute Gasteiger partial charge is 0.285 e. The maximum absolute atomic E-state index is 12.4. The van der Waals surface area contributed by atoms with Crippen LogP contribution in [0.5, 0.6) is 0 Å². The zero-order valence-electron chi connectivity index (χ0n) is 13.3. The molecule has 0 aliphatic carbocycles. The molecule has 0 bridgehead atoms. The first-order valence-electron chi connectivity index (χ1n) is 7.46. The van der Waals surface area contributed by atoms with Crippen molar-refractivity contribution in [2.45, 2.75) is 13.3 Å². The molecule has 1 aromatic heterocycles. The summed E-state index contributed by atoms with van der Waals surface area (Å²) < 4.78 is 0. The summed E-state index contributed by atoms with van der Waals surface area (Å²) in [5.74, 6) is -0.571. The van der Waals surface area contributed by atoms with Crippen molar-refractivity contribution in [1.29, 1.82) is 0 Å². The average molecular weight is 354 g/mol. The molecule has 25 heavy (non-hydrogen) atoms. The molecule has 0 unspecified atom stereocenters. The largest absolute Gasteiger partial charge is 0.296 e. The van der Waals surface area contributed by atoms with Crippen molar-refractivity contribution in [2.24, 2.45) is 0 Å². The van der Waals surface area contributed by atoms with Crippen molar-refractivity contribution in [3.8, 4) is 0 Å². The van der Waals surface area contributed by atoms with Gasteiger partial charge in [-0.15, -0.1) is 10.2 Å². The summed E-state index contributed by atoms with van der Waals surface area (Å²) in [7, 11) is 0. The maximum Gasteiger partial charge on any atom is 0.285 e. The first kappa shape index (κ1) is 16.7. The molecule has 1 heterocycles. The van der Waals surface area contributed by atoms with Gasteiger partial charge in [-0.2, -0.15) is 0 Å². The van der Waals surface area contributed by atoms with Crippen LogP contribution in [0.25, 0.3) is 0 Å². The Hall–Kier alpha value is -3.13. The molecule has 0 saturated heterocycles. The van der Waals surface area contributed by atoms with Crippen molar-refractivity contribution in [3.63, 3.8) is 0 Å². The van der Waals surface area contributed by atoms with Crippen LogP contribution in [0.15, 0.2) is 48.5 Å². The molecule has 1 amide bonds. The fourth-order valence-electron chi connectivity index (χ4n) is 2.40. The minimum atomic E-state index is -0.571. The first-order chi connectivity index (χ1) is 12.0. The second kappa shape index (κ2) is 7.18. The third-order valence-electron chi connectivity index (χ3n) is 3.55. The van der Waals surface area contributed by atoms with Crippen LogP contribution in [-0.2, 0) is 6.42 Å². The van der Waals surface area contributed by atoms with E-state index in [0.717, 1.165) is 10.6 Å². The van der Waals surface area contributed by atoms with Crippen molar-refractivity contribution >= 4 is 28.1 Å². The number of aromatic nitrogens is 2. The second-order valence-electron chi connectivity index (χ2n) is 5.35. The zero-order valence-corrected chi connectivity index (χ0v) is 14.1. The number of nitro benzene ring substituents is 1. The number of benzene rings is 2. The van der Waals surface area contributed by atoms with Crippen molar-refractivity contribution < 1.29 is 9.72 Å². The molecule has 2 aromatic carbocycles. The van der Waals surface area contributed by atoms with Gasteiger partial charge in [-0.3, -0.25) is 20.2 Å². The molecule has 0 atom stereocenters. The predicted molar refractivity (Wildman–Crippen MR) is 94.9 cm³/mol. The van der Waals surface area contributed by atoms with E-state index < -0.39 is 10.8 Å². The third-order valence-corrected chi connectivity index (χ3v) is 4.39. The van der Waals surface area contributed by atoms with Crippen LogP contribution in [0.4, 0.5) is 10.8 Å². The number of carbonyl (C=O) groups excluding carboxylic acids is 1. The minimum Gasteiger partial charge on any atom is -0.296 e. The monoisotopic (exact) mass is 354 g/mol. The number of aryl methyl sites for hydroxylation is 1. The van der Waals surface area contributed by atoms with Crippen LogP contribution >= 0.6 is 11.3 Å². The fourth-order valence-corrected chi connectivity index (χ4v) is 3.16. The van der Waals surface area contributed by atoms with E-state index >= 15 is 0 Å². The van der Waals surface area contributed by atoms with Gasteiger partial charge in [-0.1, -0.05) is 53.8 Å². The Morgan fingerprint density at radius 3 is 2.64 bits per heavy atom. The van der Waals surface area contributed by atoms with Crippen LogP contribution < -0.4 is 5.32 Å². The third kappa shape index (κ3) is 3.86. The Balaban J connectivity index is 1.76. The summed E-state index contributed by atoms with van der Waals surface area (Å²) in [6.07, 6.45) is 0.610. The van der Waals surface area contributed by atoms with E-state index in [9.17, 15) is 14.9 Å². The predicted octanol–water partition coefficient (Wildman–Crippen LogP) is 3.60. The number of amides is 1. The Morgan fingerprint density at radius 2 is 1.92 bits per heavy atom. The van der Waals surface area contributed by atoms with Gasteiger partial charge in [0.1, 0.15) is 10.6 Å². The van der Waals surface area contributed by atoms with Gasteiger partial charge >= 0.3 is 0 Å². The number of nitrogens with zero attached hydrogens (tertiary/aromatic N) is 3. The van der Waals surface area contributed by atoms with Gasteiger partial charge in [0.2, 0.25) is 5.13 Å². The Morgan fingerprint density at radius 1 is 1.16 bits per heavy atom. The van der Waals surface area contributed by atoms with Crippen LogP contribution in [-0.4, -0.2) is 21.0 Å². The summed E-state index contributed by atoms with van der Waals surface area (Å²) in [6, 6.07) is 14.4. The number of carbonyl (C=O) groups is 1. The summed E-state index contributed by atoms with van der Waals surface area (Å²) in [5.41, 5.74) is 1.32. The van der Waals surface area contributed by atoms with Gasteiger partial charge < -0.3 is 0 Å². The lowest BCUT2D eigenvalue weighted by molar-refractivity contribution is -0.385. The van der Waals surface area contributed by atoms with Crippen molar-refractivity contribution in [2.75, 3.05) is 5.32 Å². The molecular formula is C17H14N4O3S. The lowest BCUT2D eigenvalue weighted by Gasteiger charge is -2.04. The molecule has 3 rings (SSSR count). The molecule has 7 nitrogen and oxygen atoms in total. The van der Waals surface area contributed by atoms with Gasteiger partial charge in [-0.05, 0) is 18.6 Å². The second-order valence-corrected chi connectivity index (χ2v) is 6.41. The molecule has 0 spiro atoms. The molecule has 0 fully saturated rings. The summed E-state index contributed by atoms with van der Waals surface area (Å²) in [6.45, 7) is 1.60. The average Bonchev–Trinajstić information content (AvgIpc) is 3.02. The van der Waals surface area contributed by atoms with Gasteiger partial charge in [0.05, 0.1) is 4.92 Å². The zero-order chi connectivity index (χ0) is 17.8. The van der Waals surface area contributed by atoms with E-state index in [-0.39, 0.29) is 11.3 Å². The topological polar surface area (TPSA) is 98.0 Å². The molecule has 126 valence electrons. The summed E-state index contributed by atoms with van der Waals surface area (Å²) in [5, 5.41) is 22.9. The molecule has 1 N–H and O–H groups in total. The molecule has 3 aromatic rings.